The van der Waals surface area contributed by atoms with Crippen LogP contribution in [0.3, 0.4) is 0 Å². The molecule has 2 heteroatoms. The van der Waals surface area contributed by atoms with Crippen LogP contribution in [0, 0.1) is 6.92 Å². The molecule has 0 radical (unpaired) electrons. The summed E-state index contributed by atoms with van der Waals surface area (Å²) in [4.78, 5) is 4.27. The van der Waals surface area contributed by atoms with E-state index in [0.29, 0.717) is 0 Å². The molecule has 0 saturated carbocycles. The van der Waals surface area contributed by atoms with Gasteiger partial charge in [-0.2, -0.15) is 0 Å². The largest absolute Gasteiger partial charge is 0.264 e. The number of nitrogens with zero attached hydrogens (tertiary/aromatic N) is 2. The number of hydrogen-bond donors (Lipinski definition) is 0. The Kier molecular flexibility index (Phi) is 2.64. The van der Waals surface area contributed by atoms with Crippen LogP contribution in [-0.4, -0.2) is 4.98 Å². The molecule has 0 amide bonds. The maximum atomic E-state index is 4.27. The molecule has 0 saturated heterocycles. The first kappa shape index (κ1) is 12.3. The highest BCUT2D eigenvalue weighted by atomic mass is 14.9. The third-order valence-electron chi connectivity index (χ3n) is 4.36. The van der Waals surface area contributed by atoms with Crippen LogP contribution < -0.4 is 4.57 Å². The SMILES string of the molecule is Cc1ccccc1-c1cc2c(c[n+]1C)-c1cnccc1C2. The molecule has 3 aromatic rings. The van der Waals surface area contributed by atoms with Crippen molar-refractivity contribution in [2.24, 2.45) is 7.05 Å². The van der Waals surface area contributed by atoms with E-state index in [0.717, 1.165) is 6.42 Å². The Balaban J connectivity index is 1.92. The van der Waals surface area contributed by atoms with Crippen molar-refractivity contribution in [3.05, 3.63) is 71.7 Å². The topological polar surface area (TPSA) is 16.8 Å². The van der Waals surface area contributed by atoms with E-state index < -0.39 is 0 Å². The first-order valence-electron chi connectivity index (χ1n) is 7.26. The third-order valence-corrected chi connectivity index (χ3v) is 4.36. The summed E-state index contributed by atoms with van der Waals surface area (Å²) >= 11 is 0. The van der Waals surface area contributed by atoms with Crippen LogP contribution in [0.15, 0.2) is 55.0 Å². The fourth-order valence-electron chi connectivity index (χ4n) is 3.23. The lowest BCUT2D eigenvalue weighted by Crippen LogP contribution is -2.31. The lowest BCUT2D eigenvalue weighted by Gasteiger charge is -2.06. The monoisotopic (exact) mass is 273 g/mol. The van der Waals surface area contributed by atoms with E-state index >= 15 is 0 Å². The van der Waals surface area contributed by atoms with E-state index in [1.807, 2.05) is 12.4 Å². The van der Waals surface area contributed by atoms with Crippen LogP contribution in [0.4, 0.5) is 0 Å². The molecule has 2 aromatic heterocycles. The Morgan fingerprint density at radius 1 is 1.00 bits per heavy atom. The molecule has 102 valence electrons. The van der Waals surface area contributed by atoms with Gasteiger partial charge in [0, 0.05) is 29.6 Å². The molecule has 0 unspecified atom stereocenters. The summed E-state index contributed by atoms with van der Waals surface area (Å²) in [7, 11) is 2.12. The van der Waals surface area contributed by atoms with Gasteiger partial charge in [-0.1, -0.05) is 18.2 Å². The molecular formula is C19H17N2+. The van der Waals surface area contributed by atoms with Crippen molar-refractivity contribution >= 4 is 0 Å². The van der Waals surface area contributed by atoms with Crippen molar-refractivity contribution in [3.8, 4) is 22.4 Å². The quantitative estimate of drug-likeness (QED) is 0.485. The summed E-state index contributed by atoms with van der Waals surface area (Å²) < 4.78 is 2.23. The van der Waals surface area contributed by atoms with Gasteiger partial charge in [0.25, 0.3) is 0 Å². The van der Waals surface area contributed by atoms with Crippen molar-refractivity contribution in [3.63, 3.8) is 0 Å². The molecule has 0 atom stereocenters. The number of fused-ring (bicyclic) bond motifs is 3. The molecule has 2 heterocycles. The zero-order valence-electron chi connectivity index (χ0n) is 12.3. The summed E-state index contributed by atoms with van der Waals surface area (Å²) in [6, 6.07) is 13.0. The highest BCUT2D eigenvalue weighted by Crippen LogP contribution is 2.36. The summed E-state index contributed by atoms with van der Waals surface area (Å²) in [5.74, 6) is 0. The number of benzene rings is 1. The van der Waals surface area contributed by atoms with E-state index in [2.05, 4.69) is 66.1 Å². The predicted octanol–water partition coefficient (Wildman–Crippen LogP) is 3.45. The molecule has 0 aliphatic heterocycles. The smallest absolute Gasteiger partial charge is 0.212 e. The number of aryl methyl sites for hydroxylation is 2. The lowest BCUT2D eigenvalue weighted by molar-refractivity contribution is -0.659. The van der Waals surface area contributed by atoms with Gasteiger partial charge in [0.2, 0.25) is 5.69 Å². The van der Waals surface area contributed by atoms with Crippen molar-refractivity contribution in [2.75, 3.05) is 0 Å². The second-order valence-corrected chi connectivity index (χ2v) is 5.73. The summed E-state index contributed by atoms with van der Waals surface area (Å²) in [6.07, 6.45) is 7.11. The molecule has 1 aliphatic rings. The number of rotatable bonds is 1. The van der Waals surface area contributed by atoms with Crippen molar-refractivity contribution in [1.82, 2.24) is 4.98 Å². The number of hydrogen-bond acceptors (Lipinski definition) is 1. The van der Waals surface area contributed by atoms with Gasteiger partial charge in [0.05, 0.1) is 5.56 Å². The van der Waals surface area contributed by atoms with Gasteiger partial charge in [-0.05, 0) is 42.2 Å². The van der Waals surface area contributed by atoms with Gasteiger partial charge in [0.15, 0.2) is 6.20 Å². The molecule has 0 spiro atoms. The fourth-order valence-corrected chi connectivity index (χ4v) is 3.23. The minimum absolute atomic E-state index is 1.01. The number of aromatic nitrogens is 2. The Bertz CT molecular complexity index is 850. The predicted molar refractivity (Wildman–Crippen MR) is 83.8 cm³/mol. The molecule has 0 N–H and O–H groups in total. The Labute approximate surface area is 124 Å². The molecule has 1 aromatic carbocycles. The first-order valence-corrected chi connectivity index (χ1v) is 7.26. The average molecular weight is 273 g/mol. The van der Waals surface area contributed by atoms with E-state index in [4.69, 9.17) is 0 Å². The van der Waals surface area contributed by atoms with Crippen LogP contribution in [-0.2, 0) is 13.5 Å². The molecule has 0 fully saturated rings. The van der Waals surface area contributed by atoms with Gasteiger partial charge in [-0.3, -0.25) is 4.98 Å². The van der Waals surface area contributed by atoms with Gasteiger partial charge in [-0.15, -0.1) is 0 Å². The summed E-state index contributed by atoms with van der Waals surface area (Å²) in [5, 5.41) is 0. The van der Waals surface area contributed by atoms with Gasteiger partial charge in [0.1, 0.15) is 7.05 Å². The second kappa shape index (κ2) is 4.52. The molecular weight excluding hydrogens is 256 g/mol. The fraction of sp³-hybridized carbons (Fsp3) is 0.158. The van der Waals surface area contributed by atoms with Crippen LogP contribution in [0.5, 0.6) is 0 Å². The summed E-state index contributed by atoms with van der Waals surface area (Å²) in [6.45, 7) is 2.17. The molecule has 21 heavy (non-hydrogen) atoms. The first-order chi connectivity index (χ1) is 10.2. The van der Waals surface area contributed by atoms with Crippen LogP contribution in [0.25, 0.3) is 22.4 Å². The maximum absolute atomic E-state index is 4.27. The normalized spacial score (nSPS) is 12.1. The maximum Gasteiger partial charge on any atom is 0.212 e. The van der Waals surface area contributed by atoms with E-state index in [9.17, 15) is 0 Å². The Morgan fingerprint density at radius 2 is 1.86 bits per heavy atom. The average Bonchev–Trinajstić information content (AvgIpc) is 2.85. The van der Waals surface area contributed by atoms with Crippen molar-refractivity contribution in [2.45, 2.75) is 13.3 Å². The van der Waals surface area contributed by atoms with Gasteiger partial charge >= 0.3 is 0 Å². The van der Waals surface area contributed by atoms with Crippen LogP contribution in [0.1, 0.15) is 16.7 Å². The lowest BCUT2D eigenvalue weighted by atomic mass is 10.0. The molecule has 1 aliphatic carbocycles. The molecule has 2 nitrogen and oxygen atoms in total. The van der Waals surface area contributed by atoms with Crippen molar-refractivity contribution in [1.29, 1.82) is 0 Å². The summed E-state index contributed by atoms with van der Waals surface area (Å²) in [5.41, 5.74) is 9.25. The second-order valence-electron chi connectivity index (χ2n) is 5.73. The highest BCUT2D eigenvalue weighted by molar-refractivity contribution is 5.76. The minimum atomic E-state index is 1.01. The van der Waals surface area contributed by atoms with Gasteiger partial charge in [-0.25, -0.2) is 4.57 Å². The zero-order chi connectivity index (χ0) is 14.4. The highest BCUT2D eigenvalue weighted by Gasteiger charge is 2.24. The number of pyridine rings is 2. The van der Waals surface area contributed by atoms with Gasteiger partial charge < -0.3 is 0 Å². The van der Waals surface area contributed by atoms with E-state index in [1.165, 1.54) is 39.1 Å². The Hall–Kier alpha value is -2.48. The zero-order valence-corrected chi connectivity index (χ0v) is 12.3. The minimum Gasteiger partial charge on any atom is -0.264 e. The van der Waals surface area contributed by atoms with E-state index in [-0.39, 0.29) is 0 Å². The van der Waals surface area contributed by atoms with Crippen molar-refractivity contribution < 1.29 is 4.57 Å². The molecule has 0 bridgehead atoms. The molecule has 4 rings (SSSR count). The Morgan fingerprint density at radius 3 is 2.71 bits per heavy atom. The van der Waals surface area contributed by atoms with Crippen LogP contribution >= 0.6 is 0 Å². The third kappa shape index (κ3) is 1.87. The standard InChI is InChI=1S/C19H17N2/c1-13-5-3-4-6-16(13)19-10-15-9-14-7-8-20-11-17(14)18(15)12-21(19)2/h3-8,10-12H,9H2,1-2H3/q+1. The van der Waals surface area contributed by atoms with Crippen LogP contribution in [0.2, 0.25) is 0 Å². The van der Waals surface area contributed by atoms with E-state index in [1.54, 1.807) is 0 Å².